The largest absolute Gasteiger partial charge is 0.441 e. The van der Waals surface area contributed by atoms with Crippen molar-refractivity contribution in [1.29, 1.82) is 0 Å². The third kappa shape index (κ3) is 4.63. The summed E-state index contributed by atoms with van der Waals surface area (Å²) in [4.78, 5) is 36.6. The number of fused-ring (bicyclic) bond motifs is 1. The van der Waals surface area contributed by atoms with E-state index < -0.39 is 0 Å². The second-order valence-electron chi connectivity index (χ2n) is 8.38. The molecule has 0 spiro atoms. The lowest BCUT2D eigenvalue weighted by molar-refractivity contribution is -0.127. The van der Waals surface area contributed by atoms with Crippen LogP contribution in [0.2, 0.25) is 0 Å². The first-order chi connectivity index (χ1) is 16.6. The van der Waals surface area contributed by atoms with E-state index in [-0.39, 0.29) is 11.5 Å². The quantitative estimate of drug-likeness (QED) is 0.273. The number of aromatic nitrogens is 3. The summed E-state index contributed by atoms with van der Waals surface area (Å²) in [5.74, 6) is 2.09. The normalized spacial score (nSPS) is 13.8. The van der Waals surface area contributed by atoms with Crippen LogP contribution in [0.4, 0.5) is 0 Å². The fourth-order valence-corrected chi connectivity index (χ4v) is 5.24. The van der Waals surface area contributed by atoms with Crippen molar-refractivity contribution in [1.82, 2.24) is 19.4 Å². The number of hydrogen-bond acceptors (Lipinski definition) is 6. The molecule has 0 aliphatic carbocycles. The smallest absolute Gasteiger partial charge is 0.262 e. The lowest BCUT2D eigenvalue weighted by atomic mass is 10.2. The van der Waals surface area contributed by atoms with Crippen molar-refractivity contribution in [3.63, 3.8) is 0 Å². The molecule has 1 fully saturated rings. The van der Waals surface area contributed by atoms with E-state index in [1.165, 1.54) is 11.8 Å². The molecule has 0 atom stereocenters. The van der Waals surface area contributed by atoms with Gasteiger partial charge < -0.3 is 9.32 Å². The number of hydrogen-bond donors (Lipinski definition) is 0. The van der Waals surface area contributed by atoms with Crippen molar-refractivity contribution >= 4 is 28.6 Å². The predicted molar refractivity (Wildman–Crippen MR) is 133 cm³/mol. The van der Waals surface area contributed by atoms with Crippen LogP contribution in [0.5, 0.6) is 0 Å². The van der Waals surface area contributed by atoms with Crippen LogP contribution in [-0.4, -0.2) is 38.4 Å². The zero-order valence-corrected chi connectivity index (χ0v) is 19.9. The number of amides is 1. The van der Waals surface area contributed by atoms with Crippen LogP contribution in [0.25, 0.3) is 22.4 Å². The van der Waals surface area contributed by atoms with E-state index in [0.29, 0.717) is 53.6 Å². The Morgan fingerprint density at radius 1 is 1.00 bits per heavy atom. The maximum atomic E-state index is 13.3. The van der Waals surface area contributed by atoms with Crippen molar-refractivity contribution < 1.29 is 9.21 Å². The van der Waals surface area contributed by atoms with Gasteiger partial charge in [-0.15, -0.1) is 0 Å². The van der Waals surface area contributed by atoms with Gasteiger partial charge in [-0.25, -0.2) is 9.97 Å². The van der Waals surface area contributed by atoms with E-state index in [1.54, 1.807) is 4.57 Å². The molecule has 0 unspecified atom stereocenters. The number of oxazole rings is 1. The average Bonchev–Trinajstić information content (AvgIpc) is 3.44. The number of carbonyl (C=O) groups excluding carboxylic acids is 1. The monoisotopic (exact) mass is 474 g/mol. The Morgan fingerprint density at radius 2 is 1.79 bits per heavy atom. The van der Waals surface area contributed by atoms with Crippen molar-refractivity contribution in [3.8, 4) is 11.5 Å². The van der Waals surface area contributed by atoms with Crippen LogP contribution in [0.15, 0.2) is 69.0 Å². The zero-order valence-electron chi connectivity index (χ0n) is 19.1. The molecule has 8 heteroatoms. The Labute approximate surface area is 201 Å². The molecule has 0 N–H and O–H groups in total. The molecule has 0 bridgehead atoms. The first kappa shape index (κ1) is 22.4. The molecule has 3 heterocycles. The number of aryl methyl sites for hydroxylation is 1. The van der Waals surface area contributed by atoms with E-state index in [0.717, 1.165) is 30.0 Å². The number of para-hydroxylation sites is 1. The van der Waals surface area contributed by atoms with Gasteiger partial charge in [-0.2, -0.15) is 0 Å². The molecular weight excluding hydrogens is 448 g/mol. The molecule has 1 amide bonds. The number of rotatable bonds is 8. The molecule has 2 aromatic heterocycles. The van der Waals surface area contributed by atoms with E-state index in [9.17, 15) is 9.59 Å². The highest BCUT2D eigenvalue weighted by Gasteiger charge is 2.20. The van der Waals surface area contributed by atoms with Gasteiger partial charge in [0.2, 0.25) is 11.8 Å². The summed E-state index contributed by atoms with van der Waals surface area (Å²) in [6.45, 7) is 3.88. The fraction of sp³-hybridized carbons (Fsp3) is 0.308. The lowest BCUT2D eigenvalue weighted by Crippen LogP contribution is -2.29. The Morgan fingerprint density at radius 3 is 2.59 bits per heavy atom. The predicted octanol–water partition coefficient (Wildman–Crippen LogP) is 4.66. The molecule has 1 aliphatic heterocycles. The third-order valence-corrected chi connectivity index (χ3v) is 7.05. The van der Waals surface area contributed by atoms with Gasteiger partial charge in [-0.05, 0) is 44.0 Å². The Balaban J connectivity index is 1.38. The maximum Gasteiger partial charge on any atom is 0.262 e. The molecule has 0 saturated carbocycles. The Hall–Kier alpha value is -3.39. The SMILES string of the molecule is Cc1oc(-c2ccccc2)nc1CSc1nc2ccccc2c(=O)n1CCCN1CCCC1=O. The number of thioether (sulfide) groups is 1. The summed E-state index contributed by atoms with van der Waals surface area (Å²) in [7, 11) is 0. The first-order valence-corrected chi connectivity index (χ1v) is 12.5. The minimum atomic E-state index is -0.0531. The average molecular weight is 475 g/mol. The highest BCUT2D eigenvalue weighted by Crippen LogP contribution is 2.27. The van der Waals surface area contributed by atoms with Gasteiger partial charge in [0.15, 0.2) is 5.16 Å². The summed E-state index contributed by atoms with van der Waals surface area (Å²) in [5.41, 5.74) is 2.39. The standard InChI is InChI=1S/C26H26N4O3S/c1-18-22(27-24(33-18)19-9-3-2-4-10-19)17-34-26-28-21-12-6-5-11-20(21)25(32)30(26)16-8-15-29-14-7-13-23(29)31/h2-6,9-12H,7-8,13-17H2,1H3. The molecule has 174 valence electrons. The lowest BCUT2D eigenvalue weighted by Gasteiger charge is -2.17. The molecule has 7 nitrogen and oxygen atoms in total. The Kier molecular flexibility index (Phi) is 6.49. The highest BCUT2D eigenvalue weighted by molar-refractivity contribution is 7.98. The maximum absolute atomic E-state index is 13.3. The molecule has 4 aromatic rings. The van der Waals surface area contributed by atoms with Crippen molar-refractivity contribution in [2.24, 2.45) is 0 Å². The second-order valence-corrected chi connectivity index (χ2v) is 9.33. The van der Waals surface area contributed by atoms with E-state index in [4.69, 9.17) is 9.40 Å². The molecule has 1 aliphatic rings. The number of nitrogens with zero attached hydrogens (tertiary/aromatic N) is 4. The van der Waals surface area contributed by atoms with E-state index >= 15 is 0 Å². The highest BCUT2D eigenvalue weighted by atomic mass is 32.2. The summed E-state index contributed by atoms with van der Waals surface area (Å²) >= 11 is 1.48. The summed E-state index contributed by atoms with van der Waals surface area (Å²) < 4.78 is 7.63. The van der Waals surface area contributed by atoms with Gasteiger partial charge in [0.05, 0.1) is 16.6 Å². The van der Waals surface area contributed by atoms with Crippen LogP contribution >= 0.6 is 11.8 Å². The van der Waals surface area contributed by atoms with E-state index in [2.05, 4.69) is 4.98 Å². The van der Waals surface area contributed by atoms with E-state index in [1.807, 2.05) is 66.4 Å². The van der Waals surface area contributed by atoms with Crippen LogP contribution in [0.3, 0.4) is 0 Å². The summed E-state index contributed by atoms with van der Waals surface area (Å²) in [5, 5.41) is 1.26. The van der Waals surface area contributed by atoms with Gasteiger partial charge in [0.25, 0.3) is 5.56 Å². The fourth-order valence-electron chi connectivity index (χ4n) is 4.21. The van der Waals surface area contributed by atoms with Crippen LogP contribution in [0, 0.1) is 6.92 Å². The molecule has 0 radical (unpaired) electrons. The van der Waals surface area contributed by atoms with Crippen LogP contribution < -0.4 is 5.56 Å². The third-order valence-electron chi connectivity index (χ3n) is 6.06. The number of likely N-dealkylation sites (tertiary alicyclic amines) is 1. The van der Waals surface area contributed by atoms with Crippen LogP contribution in [-0.2, 0) is 17.1 Å². The van der Waals surface area contributed by atoms with Crippen molar-refractivity contribution in [3.05, 3.63) is 76.4 Å². The topological polar surface area (TPSA) is 81.2 Å². The Bertz CT molecular complexity index is 1380. The number of benzene rings is 2. The summed E-state index contributed by atoms with van der Waals surface area (Å²) in [6.07, 6.45) is 2.25. The van der Waals surface area contributed by atoms with Gasteiger partial charge in [-0.3, -0.25) is 14.2 Å². The molecule has 2 aromatic carbocycles. The van der Waals surface area contributed by atoms with Crippen LogP contribution in [0.1, 0.15) is 30.7 Å². The van der Waals surface area contributed by atoms with Crippen molar-refractivity contribution in [2.45, 2.75) is 43.6 Å². The minimum Gasteiger partial charge on any atom is -0.441 e. The molecule has 34 heavy (non-hydrogen) atoms. The molecule has 1 saturated heterocycles. The first-order valence-electron chi connectivity index (χ1n) is 11.5. The van der Waals surface area contributed by atoms with Gasteiger partial charge in [0.1, 0.15) is 5.76 Å². The second kappa shape index (κ2) is 9.85. The minimum absolute atomic E-state index is 0.0531. The molecule has 5 rings (SSSR count). The van der Waals surface area contributed by atoms with Gasteiger partial charge in [-0.1, -0.05) is 42.1 Å². The van der Waals surface area contributed by atoms with Crippen molar-refractivity contribution in [2.75, 3.05) is 13.1 Å². The number of carbonyl (C=O) groups is 1. The summed E-state index contributed by atoms with van der Waals surface area (Å²) in [6, 6.07) is 17.2. The van der Waals surface area contributed by atoms with Gasteiger partial charge in [0, 0.05) is 37.4 Å². The zero-order chi connectivity index (χ0) is 23.5. The van der Waals surface area contributed by atoms with Gasteiger partial charge >= 0.3 is 0 Å². The molecular formula is C26H26N4O3S.